The van der Waals surface area contributed by atoms with Crippen LogP contribution in [-0.2, 0) is 11.8 Å². The number of fused-ring (bicyclic) bond motifs is 1. The largest absolute Gasteiger partial charge is 0.497 e. The van der Waals surface area contributed by atoms with E-state index in [0.717, 1.165) is 54.1 Å². The Kier molecular flexibility index (Phi) is 5.47. The summed E-state index contributed by atoms with van der Waals surface area (Å²) in [5.74, 6) is 1.61. The number of amides is 1. The van der Waals surface area contributed by atoms with E-state index in [1.54, 1.807) is 14.2 Å². The lowest BCUT2D eigenvalue weighted by molar-refractivity contribution is -0.130. The maximum atomic E-state index is 13.1. The topological polar surface area (TPSA) is 43.7 Å². The van der Waals surface area contributed by atoms with Crippen molar-refractivity contribution in [3.63, 3.8) is 0 Å². The molecule has 0 spiro atoms. The van der Waals surface area contributed by atoms with Gasteiger partial charge in [-0.1, -0.05) is 18.2 Å². The van der Waals surface area contributed by atoms with Crippen LogP contribution in [0.25, 0.3) is 10.9 Å². The lowest BCUT2D eigenvalue weighted by Gasteiger charge is -2.22. The molecule has 0 saturated carbocycles. The van der Waals surface area contributed by atoms with Gasteiger partial charge in [0.15, 0.2) is 0 Å². The highest BCUT2D eigenvalue weighted by Gasteiger charge is 2.27. The predicted molar refractivity (Wildman–Crippen MR) is 115 cm³/mol. The van der Waals surface area contributed by atoms with Crippen molar-refractivity contribution in [1.82, 2.24) is 9.47 Å². The summed E-state index contributed by atoms with van der Waals surface area (Å²) >= 11 is 0. The Bertz CT molecular complexity index is 996. The third-order valence-electron chi connectivity index (χ3n) is 5.92. The molecule has 152 valence electrons. The Labute approximate surface area is 171 Å². The van der Waals surface area contributed by atoms with Crippen LogP contribution in [0.4, 0.5) is 0 Å². The van der Waals surface area contributed by atoms with E-state index >= 15 is 0 Å². The third-order valence-corrected chi connectivity index (χ3v) is 5.92. The summed E-state index contributed by atoms with van der Waals surface area (Å²) in [4.78, 5) is 15.1. The molecule has 0 unspecified atom stereocenters. The molecule has 1 aliphatic heterocycles. The van der Waals surface area contributed by atoms with Gasteiger partial charge in [0.25, 0.3) is 0 Å². The first kappa shape index (κ1) is 19.4. The highest BCUT2D eigenvalue weighted by molar-refractivity contribution is 5.86. The van der Waals surface area contributed by atoms with Crippen LogP contribution in [0.15, 0.2) is 48.7 Å². The van der Waals surface area contributed by atoms with E-state index in [4.69, 9.17) is 9.47 Å². The van der Waals surface area contributed by atoms with Crippen molar-refractivity contribution >= 4 is 16.8 Å². The molecule has 29 heavy (non-hydrogen) atoms. The van der Waals surface area contributed by atoms with Gasteiger partial charge in [-0.15, -0.1) is 0 Å². The zero-order valence-electron chi connectivity index (χ0n) is 17.4. The third kappa shape index (κ3) is 3.82. The van der Waals surface area contributed by atoms with Crippen LogP contribution in [0.1, 0.15) is 36.3 Å². The molecule has 2 aromatic carbocycles. The minimum absolute atomic E-state index is 0.0711. The molecule has 0 bridgehead atoms. The summed E-state index contributed by atoms with van der Waals surface area (Å²) in [5.41, 5.74) is 3.35. The van der Waals surface area contributed by atoms with Crippen molar-refractivity contribution < 1.29 is 14.3 Å². The van der Waals surface area contributed by atoms with Crippen LogP contribution in [-0.4, -0.2) is 42.7 Å². The van der Waals surface area contributed by atoms with Crippen molar-refractivity contribution in [2.24, 2.45) is 7.05 Å². The van der Waals surface area contributed by atoms with Gasteiger partial charge in [0, 0.05) is 55.6 Å². The van der Waals surface area contributed by atoms with E-state index < -0.39 is 0 Å². The first-order valence-electron chi connectivity index (χ1n) is 10.2. The molecule has 1 fully saturated rings. The van der Waals surface area contributed by atoms with Crippen molar-refractivity contribution in [3.05, 3.63) is 59.8 Å². The summed E-state index contributed by atoms with van der Waals surface area (Å²) in [6, 6.07) is 14.3. The van der Waals surface area contributed by atoms with Gasteiger partial charge < -0.3 is 18.9 Å². The first-order chi connectivity index (χ1) is 14.1. The second kappa shape index (κ2) is 8.19. The number of aryl methyl sites for hydroxylation is 1. The molecule has 0 aliphatic carbocycles. The van der Waals surface area contributed by atoms with Crippen molar-refractivity contribution in [2.75, 3.05) is 27.3 Å². The number of ether oxygens (including phenoxy) is 2. The Morgan fingerprint density at radius 1 is 1.03 bits per heavy atom. The van der Waals surface area contributed by atoms with Crippen molar-refractivity contribution in [2.45, 2.75) is 25.2 Å². The molecule has 1 saturated heterocycles. The number of methoxy groups -OCH3 is 2. The molecule has 4 rings (SSSR count). The van der Waals surface area contributed by atoms with E-state index in [9.17, 15) is 4.79 Å². The average Bonchev–Trinajstić information content (AvgIpc) is 3.40. The number of hydrogen-bond acceptors (Lipinski definition) is 3. The van der Waals surface area contributed by atoms with Gasteiger partial charge in [0.2, 0.25) is 5.91 Å². The number of carbonyl (C=O) groups is 1. The number of aromatic nitrogens is 1. The number of rotatable bonds is 6. The zero-order valence-corrected chi connectivity index (χ0v) is 17.4. The van der Waals surface area contributed by atoms with Crippen molar-refractivity contribution in [1.29, 1.82) is 0 Å². The predicted octanol–water partition coefficient (Wildman–Crippen LogP) is 4.34. The van der Waals surface area contributed by atoms with Gasteiger partial charge in [0.1, 0.15) is 11.5 Å². The Morgan fingerprint density at radius 3 is 2.34 bits per heavy atom. The van der Waals surface area contributed by atoms with Gasteiger partial charge >= 0.3 is 0 Å². The number of likely N-dealkylation sites (tertiary alicyclic amines) is 1. The molecule has 3 aromatic rings. The first-order valence-corrected chi connectivity index (χ1v) is 10.2. The van der Waals surface area contributed by atoms with E-state index in [2.05, 4.69) is 36.0 Å². The summed E-state index contributed by atoms with van der Waals surface area (Å²) in [6.45, 7) is 1.73. The maximum absolute atomic E-state index is 13.1. The van der Waals surface area contributed by atoms with E-state index in [1.807, 2.05) is 29.2 Å². The molecule has 1 amide bonds. The molecule has 5 nitrogen and oxygen atoms in total. The van der Waals surface area contributed by atoms with Gasteiger partial charge in [-0.25, -0.2) is 0 Å². The lowest BCUT2D eigenvalue weighted by Crippen LogP contribution is -2.29. The number of carbonyl (C=O) groups excluding carboxylic acids is 1. The SMILES string of the molecule is COc1cc(OC)cc([C@@H](CC(=O)N2CCCC2)c2cn(C)c3ccccc23)c1. The van der Waals surface area contributed by atoms with E-state index in [-0.39, 0.29) is 11.8 Å². The minimum Gasteiger partial charge on any atom is -0.497 e. The Hall–Kier alpha value is -2.95. The molecule has 5 heteroatoms. The normalized spacial score (nSPS) is 14.9. The van der Waals surface area contributed by atoms with Gasteiger partial charge in [-0.3, -0.25) is 4.79 Å². The van der Waals surface area contributed by atoms with E-state index in [0.29, 0.717) is 6.42 Å². The van der Waals surface area contributed by atoms with Crippen LogP contribution in [0.2, 0.25) is 0 Å². The standard InChI is InChI=1S/C24H28N2O3/c1-25-16-22(20-8-4-5-9-23(20)25)21(15-24(27)26-10-6-7-11-26)17-12-18(28-2)14-19(13-17)29-3/h4-5,8-9,12-14,16,21H,6-7,10-11,15H2,1-3H3/t21-/m1/s1. The van der Waals surface area contributed by atoms with Gasteiger partial charge in [-0.2, -0.15) is 0 Å². The average molecular weight is 392 g/mol. The molecule has 0 N–H and O–H groups in total. The molecular formula is C24H28N2O3. The highest BCUT2D eigenvalue weighted by Crippen LogP contribution is 2.38. The Balaban J connectivity index is 1.82. The van der Waals surface area contributed by atoms with Crippen LogP contribution in [0.5, 0.6) is 11.5 Å². The maximum Gasteiger partial charge on any atom is 0.223 e. The van der Waals surface area contributed by atoms with Gasteiger partial charge in [0.05, 0.1) is 14.2 Å². The number of hydrogen-bond donors (Lipinski definition) is 0. The molecule has 1 aromatic heterocycles. The number of para-hydroxylation sites is 1. The van der Waals surface area contributed by atoms with Crippen LogP contribution in [0, 0.1) is 0 Å². The summed E-state index contributed by atoms with van der Waals surface area (Å²) in [6.07, 6.45) is 4.78. The second-order valence-electron chi connectivity index (χ2n) is 7.70. The van der Waals surface area contributed by atoms with Crippen molar-refractivity contribution in [3.8, 4) is 11.5 Å². The van der Waals surface area contributed by atoms with E-state index in [1.165, 1.54) is 5.39 Å². The van der Waals surface area contributed by atoms with Crippen LogP contribution >= 0.6 is 0 Å². The Morgan fingerprint density at radius 2 is 1.69 bits per heavy atom. The van der Waals surface area contributed by atoms with Gasteiger partial charge in [-0.05, 0) is 42.2 Å². The molecular weight excluding hydrogens is 364 g/mol. The fourth-order valence-electron chi connectivity index (χ4n) is 4.36. The summed E-state index contributed by atoms with van der Waals surface area (Å²) < 4.78 is 13.1. The minimum atomic E-state index is -0.0711. The lowest BCUT2D eigenvalue weighted by atomic mass is 9.87. The monoisotopic (exact) mass is 392 g/mol. The zero-order chi connectivity index (χ0) is 20.4. The molecule has 2 heterocycles. The number of nitrogens with zero attached hydrogens (tertiary/aromatic N) is 2. The summed E-state index contributed by atoms with van der Waals surface area (Å²) in [5, 5.41) is 1.18. The second-order valence-corrected chi connectivity index (χ2v) is 7.70. The molecule has 1 aliphatic rings. The molecule has 0 radical (unpaired) electrons. The smallest absolute Gasteiger partial charge is 0.223 e. The fourth-order valence-corrected chi connectivity index (χ4v) is 4.36. The highest BCUT2D eigenvalue weighted by atomic mass is 16.5. The quantitative estimate of drug-likeness (QED) is 0.627. The van der Waals surface area contributed by atoms with Crippen LogP contribution in [0.3, 0.4) is 0 Å². The van der Waals surface area contributed by atoms with Crippen LogP contribution < -0.4 is 9.47 Å². The number of benzene rings is 2. The molecule has 1 atom stereocenters. The summed E-state index contributed by atoms with van der Waals surface area (Å²) in [7, 11) is 5.36. The fraction of sp³-hybridized carbons (Fsp3) is 0.375.